The Hall–Kier alpha value is -1.89. The van der Waals surface area contributed by atoms with E-state index < -0.39 is 24.5 Å². The highest BCUT2D eigenvalue weighted by Crippen LogP contribution is 2.34. The molecule has 2 unspecified atom stereocenters. The second-order valence-corrected chi connectivity index (χ2v) is 7.07. The van der Waals surface area contributed by atoms with Crippen LogP contribution in [0.4, 0.5) is 5.82 Å². The van der Waals surface area contributed by atoms with Crippen molar-refractivity contribution in [2.24, 2.45) is 5.90 Å². The van der Waals surface area contributed by atoms with Crippen molar-refractivity contribution in [1.29, 1.82) is 0 Å². The first kappa shape index (κ1) is 20.8. The van der Waals surface area contributed by atoms with Crippen molar-refractivity contribution >= 4 is 17.0 Å². The van der Waals surface area contributed by atoms with Crippen LogP contribution in [-0.4, -0.2) is 79.7 Å². The zero-order chi connectivity index (χ0) is 20.3. The second kappa shape index (κ2) is 9.07. The Balaban J connectivity index is 1.76. The van der Waals surface area contributed by atoms with E-state index in [2.05, 4.69) is 19.8 Å². The summed E-state index contributed by atoms with van der Waals surface area (Å²) in [5.41, 5.74) is 6.86. The SMILES string of the molecule is CCc1nc2c(N)ncnc2n1[C@@H]1O[C@H](CN(C)CCCCON)C(O)C1O. The van der Waals surface area contributed by atoms with E-state index in [0.717, 1.165) is 19.4 Å². The number of anilines is 1. The first-order valence-corrected chi connectivity index (χ1v) is 9.47. The molecule has 156 valence electrons. The summed E-state index contributed by atoms with van der Waals surface area (Å²) in [7, 11) is 1.94. The first-order chi connectivity index (χ1) is 13.5. The number of likely N-dealkylation sites (N-methyl/N-ethyl adjacent to an activating group) is 1. The van der Waals surface area contributed by atoms with Gasteiger partial charge in [0.15, 0.2) is 23.2 Å². The second-order valence-electron chi connectivity index (χ2n) is 7.07. The predicted octanol–water partition coefficient (Wildman–Crippen LogP) is -0.808. The molecule has 0 aromatic carbocycles. The molecule has 0 bridgehead atoms. The number of rotatable bonds is 9. The predicted molar refractivity (Wildman–Crippen MR) is 102 cm³/mol. The fourth-order valence-corrected chi connectivity index (χ4v) is 3.55. The third-order valence-corrected chi connectivity index (χ3v) is 5.03. The number of aromatic nitrogens is 4. The molecule has 0 radical (unpaired) electrons. The number of imidazole rings is 1. The van der Waals surface area contributed by atoms with Crippen LogP contribution in [0.25, 0.3) is 11.2 Å². The molecular formula is C17H29N7O4. The summed E-state index contributed by atoms with van der Waals surface area (Å²) < 4.78 is 7.76. The van der Waals surface area contributed by atoms with Crippen molar-refractivity contribution in [3.05, 3.63) is 12.2 Å². The molecule has 3 heterocycles. The van der Waals surface area contributed by atoms with Crippen molar-refractivity contribution in [2.75, 3.05) is 32.5 Å². The lowest BCUT2D eigenvalue weighted by atomic mass is 10.1. The molecule has 2 aromatic heterocycles. The number of hydrogen-bond acceptors (Lipinski definition) is 10. The molecule has 2 aromatic rings. The Labute approximate surface area is 163 Å². The number of aliphatic hydroxyl groups is 2. The van der Waals surface area contributed by atoms with Gasteiger partial charge in [-0.3, -0.25) is 4.57 Å². The molecule has 1 fully saturated rings. The average Bonchev–Trinajstić information content (AvgIpc) is 3.18. The fourth-order valence-electron chi connectivity index (χ4n) is 3.55. The summed E-state index contributed by atoms with van der Waals surface area (Å²) in [6, 6.07) is 0. The lowest BCUT2D eigenvalue weighted by Gasteiger charge is -2.22. The molecule has 1 aliphatic rings. The maximum atomic E-state index is 10.7. The zero-order valence-electron chi connectivity index (χ0n) is 16.2. The van der Waals surface area contributed by atoms with Gasteiger partial charge in [0.2, 0.25) is 0 Å². The molecule has 11 nitrogen and oxygen atoms in total. The number of aliphatic hydroxyl groups excluding tert-OH is 2. The topological polar surface area (TPSA) is 158 Å². The van der Waals surface area contributed by atoms with Gasteiger partial charge in [-0.15, -0.1) is 0 Å². The highest BCUT2D eigenvalue weighted by atomic mass is 16.6. The van der Waals surface area contributed by atoms with E-state index in [1.165, 1.54) is 6.33 Å². The van der Waals surface area contributed by atoms with Crippen LogP contribution in [0, 0.1) is 0 Å². The van der Waals surface area contributed by atoms with Crippen molar-refractivity contribution in [3.63, 3.8) is 0 Å². The van der Waals surface area contributed by atoms with Crippen molar-refractivity contribution in [3.8, 4) is 0 Å². The molecular weight excluding hydrogens is 366 g/mol. The zero-order valence-corrected chi connectivity index (χ0v) is 16.2. The van der Waals surface area contributed by atoms with Gasteiger partial charge in [0.05, 0.1) is 6.61 Å². The quantitative estimate of drug-likeness (QED) is 0.312. The van der Waals surface area contributed by atoms with Crippen LogP contribution in [0.2, 0.25) is 0 Å². The monoisotopic (exact) mass is 395 g/mol. The van der Waals surface area contributed by atoms with E-state index in [1.54, 1.807) is 4.57 Å². The molecule has 0 saturated carbocycles. The maximum Gasteiger partial charge on any atom is 0.167 e. The number of nitrogen functional groups attached to an aromatic ring is 1. The van der Waals surface area contributed by atoms with Gasteiger partial charge < -0.3 is 30.4 Å². The molecule has 1 saturated heterocycles. The Kier molecular flexibility index (Phi) is 6.75. The van der Waals surface area contributed by atoms with Gasteiger partial charge in [-0.25, -0.2) is 20.8 Å². The van der Waals surface area contributed by atoms with Gasteiger partial charge in [-0.2, -0.15) is 0 Å². The van der Waals surface area contributed by atoms with Crippen LogP contribution in [0.5, 0.6) is 0 Å². The van der Waals surface area contributed by atoms with Crippen molar-refractivity contribution < 1.29 is 19.8 Å². The van der Waals surface area contributed by atoms with Crippen LogP contribution < -0.4 is 11.6 Å². The summed E-state index contributed by atoms with van der Waals surface area (Å²) >= 11 is 0. The van der Waals surface area contributed by atoms with Crippen LogP contribution in [0.1, 0.15) is 31.8 Å². The Bertz CT molecular complexity index is 786. The number of unbranched alkanes of at least 4 members (excludes halogenated alkanes) is 1. The van der Waals surface area contributed by atoms with Crippen LogP contribution >= 0.6 is 0 Å². The smallest absolute Gasteiger partial charge is 0.167 e. The Morgan fingerprint density at radius 1 is 1.29 bits per heavy atom. The standard InChI is InChI=1S/C17H29N7O4/c1-3-11-22-12-15(18)20-9-21-16(12)24(11)17-14(26)13(25)10(28-17)8-23(2)6-4-5-7-27-19/h9-10,13-14,17,25-26H,3-8,19H2,1-2H3,(H2,18,20,21)/t10-,13?,14?,17-/m1/s1. The van der Waals surface area contributed by atoms with Gasteiger partial charge in [-0.05, 0) is 26.4 Å². The third-order valence-electron chi connectivity index (χ3n) is 5.03. The minimum Gasteiger partial charge on any atom is -0.387 e. The minimum absolute atomic E-state index is 0.268. The lowest BCUT2D eigenvalue weighted by Crippen LogP contribution is -2.39. The molecule has 0 amide bonds. The molecule has 1 aliphatic heterocycles. The molecule has 6 N–H and O–H groups in total. The number of hydrogen-bond donors (Lipinski definition) is 4. The molecule has 3 rings (SSSR count). The van der Waals surface area contributed by atoms with Crippen molar-refractivity contribution in [1.82, 2.24) is 24.4 Å². The number of ether oxygens (including phenoxy) is 1. The molecule has 11 heteroatoms. The number of fused-ring (bicyclic) bond motifs is 1. The number of nitrogens with zero attached hydrogens (tertiary/aromatic N) is 5. The normalized spacial score (nSPS) is 25.2. The molecule has 0 spiro atoms. The number of aryl methyl sites for hydroxylation is 1. The van der Waals surface area contributed by atoms with E-state index in [4.69, 9.17) is 16.4 Å². The largest absolute Gasteiger partial charge is 0.387 e. The van der Waals surface area contributed by atoms with Gasteiger partial charge >= 0.3 is 0 Å². The Morgan fingerprint density at radius 2 is 2.07 bits per heavy atom. The summed E-state index contributed by atoms with van der Waals surface area (Å²) in [4.78, 5) is 19.3. The van der Waals surface area contributed by atoms with E-state index in [1.807, 2.05) is 18.9 Å². The summed E-state index contributed by atoms with van der Waals surface area (Å²) in [6.45, 7) is 3.73. The van der Waals surface area contributed by atoms with Gasteiger partial charge in [0.25, 0.3) is 0 Å². The Morgan fingerprint density at radius 3 is 2.79 bits per heavy atom. The van der Waals surface area contributed by atoms with Gasteiger partial charge in [-0.1, -0.05) is 6.92 Å². The average molecular weight is 395 g/mol. The highest BCUT2D eigenvalue weighted by molar-refractivity contribution is 5.81. The van der Waals surface area contributed by atoms with E-state index >= 15 is 0 Å². The van der Waals surface area contributed by atoms with Crippen molar-refractivity contribution in [2.45, 2.75) is 50.7 Å². The fraction of sp³-hybridized carbons (Fsp3) is 0.706. The lowest BCUT2D eigenvalue weighted by molar-refractivity contribution is -0.0435. The van der Waals surface area contributed by atoms with Crippen LogP contribution in [0.3, 0.4) is 0 Å². The van der Waals surface area contributed by atoms with E-state index in [-0.39, 0.29) is 5.82 Å². The van der Waals surface area contributed by atoms with Crippen LogP contribution in [-0.2, 0) is 16.0 Å². The van der Waals surface area contributed by atoms with Gasteiger partial charge in [0.1, 0.15) is 30.5 Å². The summed E-state index contributed by atoms with van der Waals surface area (Å²) in [5, 5.41) is 21.2. The van der Waals surface area contributed by atoms with E-state index in [0.29, 0.717) is 36.6 Å². The molecule has 4 atom stereocenters. The number of nitrogens with two attached hydrogens (primary N) is 2. The summed E-state index contributed by atoms with van der Waals surface area (Å²) in [6.07, 6.45) is 0.220. The third kappa shape index (κ3) is 4.09. The highest BCUT2D eigenvalue weighted by Gasteiger charge is 2.45. The summed E-state index contributed by atoms with van der Waals surface area (Å²) in [5.74, 6) is 5.96. The van der Waals surface area contributed by atoms with E-state index in [9.17, 15) is 10.2 Å². The molecule has 0 aliphatic carbocycles. The first-order valence-electron chi connectivity index (χ1n) is 9.47. The van der Waals surface area contributed by atoms with Gasteiger partial charge in [0, 0.05) is 13.0 Å². The molecule has 28 heavy (non-hydrogen) atoms. The maximum absolute atomic E-state index is 10.7. The minimum atomic E-state index is -1.11. The van der Waals surface area contributed by atoms with Crippen LogP contribution in [0.15, 0.2) is 6.33 Å².